The number of Topliss-reactive ketones (excluding diaryl/α,β-unsaturated/α-hetero) is 1. The highest BCUT2D eigenvalue weighted by Gasteiger charge is 2.25. The van der Waals surface area contributed by atoms with Crippen molar-refractivity contribution < 1.29 is 14.1 Å². The lowest BCUT2D eigenvalue weighted by atomic mass is 10.1. The molecule has 6 nitrogen and oxygen atoms in total. The molecule has 2 aromatic rings. The second-order valence-corrected chi connectivity index (χ2v) is 4.80. The second kappa shape index (κ2) is 5.49. The van der Waals surface area contributed by atoms with Crippen molar-refractivity contribution in [3.8, 4) is 0 Å². The molecular weight excluding hydrogens is 333 g/mol. The summed E-state index contributed by atoms with van der Waals surface area (Å²) in [5, 5.41) is 11.0. The van der Waals surface area contributed by atoms with Gasteiger partial charge in [0, 0.05) is 12.5 Å². The summed E-state index contributed by atoms with van der Waals surface area (Å²) < 4.78 is 14.1. The molecule has 20 heavy (non-hydrogen) atoms. The van der Waals surface area contributed by atoms with Gasteiger partial charge in [0.1, 0.15) is 5.82 Å². The number of halogens is 2. The van der Waals surface area contributed by atoms with Crippen LogP contribution in [0.3, 0.4) is 0 Å². The number of benzene rings is 1. The molecular formula is C12H9BrFN3O3. The Kier molecular flexibility index (Phi) is 3.93. The molecule has 1 aromatic carbocycles. The number of carbonyl (C=O) groups excluding carboxylic acids is 1. The summed E-state index contributed by atoms with van der Waals surface area (Å²) in [6, 6.07) is 5.01. The highest BCUT2D eigenvalue weighted by molar-refractivity contribution is 9.10. The minimum atomic E-state index is -0.609. The fourth-order valence-corrected chi connectivity index (χ4v) is 2.37. The zero-order valence-electron chi connectivity index (χ0n) is 10.3. The Balaban J connectivity index is 2.33. The van der Waals surface area contributed by atoms with Gasteiger partial charge in [-0.3, -0.25) is 4.79 Å². The van der Waals surface area contributed by atoms with Crippen LogP contribution in [0.1, 0.15) is 16.2 Å². The third-order valence-corrected chi connectivity index (χ3v) is 3.26. The second-order valence-electron chi connectivity index (χ2n) is 4.05. The number of nitrogens with zero attached hydrogens (tertiary/aromatic N) is 3. The number of ketones is 1. The normalized spacial score (nSPS) is 10.6. The smallest absolute Gasteiger partial charge is 0.357 e. The van der Waals surface area contributed by atoms with E-state index >= 15 is 0 Å². The van der Waals surface area contributed by atoms with E-state index in [0.717, 1.165) is 0 Å². The summed E-state index contributed by atoms with van der Waals surface area (Å²) in [5.74, 6) is -0.743. The molecule has 0 atom stereocenters. The number of rotatable bonds is 4. The Bertz CT molecular complexity index is 682. The van der Waals surface area contributed by atoms with Crippen molar-refractivity contribution in [3.05, 3.63) is 56.2 Å². The van der Waals surface area contributed by atoms with Crippen LogP contribution in [0.25, 0.3) is 0 Å². The molecule has 0 bridgehead atoms. The Labute approximate surface area is 121 Å². The van der Waals surface area contributed by atoms with E-state index in [2.05, 4.69) is 20.9 Å². The molecule has 1 aromatic heterocycles. The Hall–Kier alpha value is -2.09. The number of carbonyl (C=O) groups is 1. The summed E-state index contributed by atoms with van der Waals surface area (Å²) in [5.41, 5.74) is 0.282. The van der Waals surface area contributed by atoms with Crippen molar-refractivity contribution in [2.24, 2.45) is 0 Å². The minimum absolute atomic E-state index is 0.0758. The first-order valence-electron chi connectivity index (χ1n) is 5.56. The monoisotopic (exact) mass is 341 g/mol. The summed E-state index contributed by atoms with van der Waals surface area (Å²) in [4.78, 5) is 26.3. The first-order chi connectivity index (χ1) is 9.40. The van der Waals surface area contributed by atoms with Crippen LogP contribution in [-0.2, 0) is 6.54 Å². The molecule has 2 rings (SSSR count). The molecule has 0 spiro atoms. The third kappa shape index (κ3) is 2.74. The molecule has 0 N–H and O–H groups in total. The molecule has 0 unspecified atom stereocenters. The summed E-state index contributed by atoms with van der Waals surface area (Å²) >= 11 is 2.99. The fraction of sp³-hybridized carbons (Fsp3) is 0.167. The maximum absolute atomic E-state index is 12.8. The molecule has 0 aliphatic rings. The van der Waals surface area contributed by atoms with Gasteiger partial charge in [0.2, 0.25) is 10.4 Å². The first-order valence-corrected chi connectivity index (χ1v) is 6.35. The number of aromatic nitrogens is 2. The van der Waals surface area contributed by atoms with Crippen LogP contribution in [-0.4, -0.2) is 20.3 Å². The van der Waals surface area contributed by atoms with Crippen LogP contribution < -0.4 is 0 Å². The zero-order chi connectivity index (χ0) is 14.9. The molecule has 1 heterocycles. The van der Waals surface area contributed by atoms with Crippen LogP contribution in [0.4, 0.5) is 10.2 Å². The Morgan fingerprint density at radius 3 is 2.60 bits per heavy atom. The number of hydrogen-bond donors (Lipinski definition) is 0. The van der Waals surface area contributed by atoms with Crippen molar-refractivity contribution in [1.82, 2.24) is 9.55 Å². The van der Waals surface area contributed by atoms with Crippen LogP contribution >= 0.6 is 15.9 Å². The molecule has 0 saturated carbocycles. The van der Waals surface area contributed by atoms with E-state index < -0.39 is 10.7 Å². The largest absolute Gasteiger partial charge is 0.358 e. The quantitative estimate of drug-likeness (QED) is 0.486. The van der Waals surface area contributed by atoms with E-state index in [1.54, 1.807) is 6.92 Å². The van der Waals surface area contributed by atoms with E-state index in [1.807, 2.05) is 0 Å². The Morgan fingerprint density at radius 1 is 1.45 bits per heavy atom. The van der Waals surface area contributed by atoms with Crippen LogP contribution in [0.2, 0.25) is 0 Å². The summed E-state index contributed by atoms with van der Waals surface area (Å²) in [6.45, 7) is 1.34. The average molecular weight is 342 g/mol. The van der Waals surface area contributed by atoms with E-state index in [0.29, 0.717) is 5.82 Å². The minimum Gasteiger partial charge on any atom is -0.358 e. The van der Waals surface area contributed by atoms with Gasteiger partial charge in [0.25, 0.3) is 0 Å². The standard InChI is InChI=1S/C12H9BrFN3O3/c1-7-15-11(13)12(17(19)20)16(7)6-10(18)8-2-4-9(14)5-3-8/h2-5H,6H2,1H3. The van der Waals surface area contributed by atoms with Crippen molar-refractivity contribution >= 4 is 27.5 Å². The number of hydrogen-bond acceptors (Lipinski definition) is 4. The van der Waals surface area contributed by atoms with Crippen molar-refractivity contribution in [1.29, 1.82) is 0 Å². The van der Waals surface area contributed by atoms with Gasteiger partial charge in [0.05, 0.1) is 0 Å². The van der Waals surface area contributed by atoms with Gasteiger partial charge in [-0.1, -0.05) is 0 Å². The van der Waals surface area contributed by atoms with Crippen LogP contribution in [0, 0.1) is 22.9 Å². The van der Waals surface area contributed by atoms with Gasteiger partial charge >= 0.3 is 5.82 Å². The highest BCUT2D eigenvalue weighted by atomic mass is 79.9. The molecule has 0 amide bonds. The highest BCUT2D eigenvalue weighted by Crippen LogP contribution is 2.25. The van der Waals surface area contributed by atoms with Crippen molar-refractivity contribution in [2.75, 3.05) is 0 Å². The predicted octanol–water partition coefficient (Wildman–Crippen LogP) is 2.88. The van der Waals surface area contributed by atoms with Crippen molar-refractivity contribution in [2.45, 2.75) is 13.5 Å². The Morgan fingerprint density at radius 2 is 2.05 bits per heavy atom. The lowest BCUT2D eigenvalue weighted by Crippen LogP contribution is -2.13. The van der Waals surface area contributed by atoms with E-state index in [4.69, 9.17) is 0 Å². The van der Waals surface area contributed by atoms with E-state index in [9.17, 15) is 19.3 Å². The summed E-state index contributed by atoms with van der Waals surface area (Å²) in [7, 11) is 0. The molecule has 0 aliphatic heterocycles. The first kappa shape index (κ1) is 14.3. The molecule has 0 fully saturated rings. The molecule has 0 saturated heterocycles. The number of aryl methyl sites for hydroxylation is 1. The SMILES string of the molecule is Cc1nc(Br)c([N+](=O)[O-])n1CC(=O)c1ccc(F)cc1. The molecule has 0 aliphatic carbocycles. The van der Waals surface area contributed by atoms with Gasteiger partial charge in [-0.2, -0.15) is 4.98 Å². The number of imidazole rings is 1. The van der Waals surface area contributed by atoms with Gasteiger partial charge in [-0.25, -0.2) is 8.96 Å². The van der Waals surface area contributed by atoms with Gasteiger partial charge < -0.3 is 10.1 Å². The van der Waals surface area contributed by atoms with Gasteiger partial charge in [-0.15, -0.1) is 0 Å². The third-order valence-electron chi connectivity index (χ3n) is 2.73. The summed E-state index contributed by atoms with van der Waals surface area (Å²) in [6.07, 6.45) is 0. The van der Waals surface area contributed by atoms with E-state index in [1.165, 1.54) is 28.8 Å². The molecule has 8 heteroatoms. The maximum atomic E-state index is 12.8. The topological polar surface area (TPSA) is 78.0 Å². The lowest BCUT2D eigenvalue weighted by Gasteiger charge is -2.03. The van der Waals surface area contributed by atoms with Gasteiger partial charge in [0.15, 0.2) is 12.4 Å². The fourth-order valence-electron chi connectivity index (χ4n) is 1.75. The van der Waals surface area contributed by atoms with Gasteiger partial charge in [-0.05, 0) is 45.1 Å². The van der Waals surface area contributed by atoms with Crippen LogP contribution in [0.5, 0.6) is 0 Å². The van der Waals surface area contributed by atoms with E-state index in [-0.39, 0.29) is 28.3 Å². The maximum Gasteiger partial charge on any atom is 0.357 e. The van der Waals surface area contributed by atoms with Crippen molar-refractivity contribution in [3.63, 3.8) is 0 Å². The average Bonchev–Trinajstić information content (AvgIpc) is 2.64. The predicted molar refractivity (Wildman–Crippen MR) is 72.0 cm³/mol. The molecule has 104 valence electrons. The molecule has 0 radical (unpaired) electrons. The van der Waals surface area contributed by atoms with Crippen LogP contribution in [0.15, 0.2) is 28.9 Å². The zero-order valence-corrected chi connectivity index (χ0v) is 11.9. The number of nitro groups is 1. The lowest BCUT2D eigenvalue weighted by molar-refractivity contribution is -0.392.